The molecule has 0 bridgehead atoms. The van der Waals surface area contributed by atoms with Crippen LogP contribution in [0.25, 0.3) is 0 Å². The first kappa shape index (κ1) is 16.9. The van der Waals surface area contributed by atoms with Crippen LogP contribution >= 0.6 is 0 Å². The number of aliphatic hydroxyl groups is 2. The molecule has 5 heteroatoms. The van der Waals surface area contributed by atoms with Crippen LogP contribution in [0.2, 0.25) is 0 Å². The fourth-order valence-corrected chi connectivity index (χ4v) is 3.02. The van der Waals surface area contributed by atoms with Gasteiger partial charge in [-0.25, -0.2) is 0 Å². The Bertz CT molecular complexity index is 480. The predicted octanol–water partition coefficient (Wildman–Crippen LogP) is 0.599. The largest absolute Gasteiger partial charge is 0.389 e. The lowest BCUT2D eigenvalue weighted by Gasteiger charge is -2.33. The summed E-state index contributed by atoms with van der Waals surface area (Å²) in [5.74, 6) is -0.0437. The number of hydrogen-bond donors (Lipinski definition) is 4. The van der Waals surface area contributed by atoms with Gasteiger partial charge in [0, 0.05) is 19.5 Å². The van der Waals surface area contributed by atoms with Gasteiger partial charge in [-0.3, -0.25) is 4.79 Å². The zero-order valence-electron chi connectivity index (χ0n) is 13.1. The van der Waals surface area contributed by atoms with Gasteiger partial charge in [0.15, 0.2) is 0 Å². The van der Waals surface area contributed by atoms with Crippen LogP contribution in [0.5, 0.6) is 0 Å². The van der Waals surface area contributed by atoms with Crippen molar-refractivity contribution in [3.63, 3.8) is 0 Å². The molecule has 0 unspecified atom stereocenters. The van der Waals surface area contributed by atoms with Gasteiger partial charge >= 0.3 is 0 Å². The number of carbonyl (C=O) groups is 1. The molecule has 4 N–H and O–H groups in total. The van der Waals surface area contributed by atoms with Crippen LogP contribution in [0.15, 0.2) is 30.3 Å². The minimum absolute atomic E-state index is 0.0437. The average molecular weight is 306 g/mol. The van der Waals surface area contributed by atoms with Gasteiger partial charge in [0.2, 0.25) is 5.91 Å². The molecule has 0 radical (unpaired) electrons. The minimum atomic E-state index is -0.861. The Hall–Kier alpha value is -1.43. The second-order valence-corrected chi connectivity index (χ2v) is 6.02. The van der Waals surface area contributed by atoms with Crippen molar-refractivity contribution in [2.45, 2.75) is 50.4 Å². The maximum absolute atomic E-state index is 11.5. The lowest BCUT2D eigenvalue weighted by molar-refractivity contribution is -0.121. The second-order valence-electron chi connectivity index (χ2n) is 6.02. The van der Waals surface area contributed by atoms with Gasteiger partial charge in [-0.05, 0) is 24.8 Å². The first-order chi connectivity index (χ1) is 10.6. The van der Waals surface area contributed by atoms with E-state index in [1.165, 1.54) is 5.56 Å². The third-order valence-electron chi connectivity index (χ3n) is 4.45. The molecule has 1 aliphatic heterocycles. The Balaban J connectivity index is 1.94. The van der Waals surface area contributed by atoms with Crippen molar-refractivity contribution in [1.82, 2.24) is 10.6 Å². The standard InChI is InChI=1S/C17H26N2O3/c1-2-15(21)18-12-17(16(22)14(20)11-19-17)10-6-9-13-7-4-3-5-8-13/h3-5,7-8,14,16,19-20,22H,2,6,9-12H2,1H3,(H,18,21)/t14-,16+,17-/m1/s1. The quantitative estimate of drug-likeness (QED) is 0.595. The van der Waals surface area contributed by atoms with Crippen LogP contribution < -0.4 is 10.6 Å². The summed E-state index contributed by atoms with van der Waals surface area (Å²) in [6.45, 7) is 2.49. The number of β-amino-alcohol motifs (C(OH)–C–C–N with tert-alkyl or cyclic N) is 1. The topological polar surface area (TPSA) is 81.6 Å². The molecule has 2 rings (SSSR count). The minimum Gasteiger partial charge on any atom is -0.389 e. The zero-order valence-corrected chi connectivity index (χ0v) is 13.1. The molecule has 1 saturated heterocycles. The number of aryl methyl sites for hydroxylation is 1. The van der Waals surface area contributed by atoms with Gasteiger partial charge in [0.1, 0.15) is 6.10 Å². The summed E-state index contributed by atoms with van der Waals surface area (Å²) >= 11 is 0. The molecular formula is C17H26N2O3. The van der Waals surface area contributed by atoms with Crippen molar-refractivity contribution in [2.24, 2.45) is 0 Å². The molecule has 3 atom stereocenters. The molecular weight excluding hydrogens is 280 g/mol. The van der Waals surface area contributed by atoms with E-state index in [2.05, 4.69) is 22.8 Å². The van der Waals surface area contributed by atoms with Gasteiger partial charge < -0.3 is 20.8 Å². The number of hydrogen-bond acceptors (Lipinski definition) is 4. The second kappa shape index (κ2) is 7.72. The fraction of sp³-hybridized carbons (Fsp3) is 0.588. The van der Waals surface area contributed by atoms with E-state index in [1.54, 1.807) is 6.92 Å². The molecule has 0 saturated carbocycles. The van der Waals surface area contributed by atoms with Gasteiger partial charge in [-0.1, -0.05) is 37.3 Å². The summed E-state index contributed by atoms with van der Waals surface area (Å²) in [4.78, 5) is 11.5. The summed E-state index contributed by atoms with van der Waals surface area (Å²) in [5.41, 5.74) is 0.613. The lowest BCUT2D eigenvalue weighted by atomic mass is 9.86. The van der Waals surface area contributed by atoms with Gasteiger partial charge in [-0.15, -0.1) is 0 Å². The Labute approximate surface area is 131 Å². The number of benzene rings is 1. The van der Waals surface area contributed by atoms with E-state index in [9.17, 15) is 15.0 Å². The highest BCUT2D eigenvalue weighted by molar-refractivity contribution is 5.75. The van der Waals surface area contributed by atoms with E-state index in [1.807, 2.05) is 18.2 Å². The maximum Gasteiger partial charge on any atom is 0.219 e. The highest BCUT2D eigenvalue weighted by Crippen LogP contribution is 2.26. The van der Waals surface area contributed by atoms with Crippen molar-refractivity contribution in [2.75, 3.05) is 13.1 Å². The van der Waals surface area contributed by atoms with Gasteiger partial charge in [0.25, 0.3) is 0 Å². The molecule has 0 aromatic heterocycles. The molecule has 5 nitrogen and oxygen atoms in total. The first-order valence-corrected chi connectivity index (χ1v) is 7.99. The maximum atomic E-state index is 11.5. The molecule has 1 fully saturated rings. The summed E-state index contributed by atoms with van der Waals surface area (Å²) in [5, 5.41) is 26.2. The third kappa shape index (κ3) is 4.06. The van der Waals surface area contributed by atoms with Crippen molar-refractivity contribution >= 4 is 5.91 Å². The molecule has 122 valence electrons. The van der Waals surface area contributed by atoms with Crippen molar-refractivity contribution in [1.29, 1.82) is 0 Å². The number of carbonyl (C=O) groups excluding carboxylic acids is 1. The van der Waals surface area contributed by atoms with Crippen LogP contribution in [-0.4, -0.2) is 47.0 Å². The molecule has 1 aromatic carbocycles. The Morgan fingerprint density at radius 3 is 2.68 bits per heavy atom. The Morgan fingerprint density at radius 1 is 1.36 bits per heavy atom. The number of nitrogens with one attached hydrogen (secondary N) is 2. The van der Waals surface area contributed by atoms with Crippen LogP contribution in [-0.2, 0) is 11.2 Å². The van der Waals surface area contributed by atoms with Crippen molar-refractivity contribution in [3.8, 4) is 0 Å². The van der Waals surface area contributed by atoms with E-state index in [-0.39, 0.29) is 5.91 Å². The summed E-state index contributed by atoms with van der Waals surface area (Å²) in [7, 11) is 0. The fourth-order valence-electron chi connectivity index (χ4n) is 3.02. The van der Waals surface area contributed by atoms with E-state index < -0.39 is 17.7 Å². The molecule has 22 heavy (non-hydrogen) atoms. The van der Waals surface area contributed by atoms with E-state index in [0.717, 1.165) is 12.8 Å². The number of rotatable bonds is 7. The summed E-state index contributed by atoms with van der Waals surface area (Å²) in [6.07, 6.45) is 1.26. The van der Waals surface area contributed by atoms with Crippen LogP contribution in [0.1, 0.15) is 31.7 Å². The smallest absolute Gasteiger partial charge is 0.219 e. The predicted molar refractivity (Wildman–Crippen MR) is 85.4 cm³/mol. The SMILES string of the molecule is CCC(=O)NC[C@@]1(CCCc2ccccc2)NC[C@@H](O)[C@@H]1O. The first-order valence-electron chi connectivity index (χ1n) is 7.99. The number of amides is 1. The Morgan fingerprint density at radius 2 is 2.09 bits per heavy atom. The number of aliphatic hydroxyl groups excluding tert-OH is 2. The third-order valence-corrected chi connectivity index (χ3v) is 4.45. The molecule has 1 aromatic rings. The van der Waals surface area contributed by atoms with Gasteiger partial charge in [-0.2, -0.15) is 0 Å². The van der Waals surface area contributed by atoms with E-state index in [4.69, 9.17) is 0 Å². The Kier molecular flexibility index (Phi) is 5.94. The van der Waals surface area contributed by atoms with Crippen LogP contribution in [0.4, 0.5) is 0 Å². The van der Waals surface area contributed by atoms with E-state index >= 15 is 0 Å². The molecule has 1 heterocycles. The monoisotopic (exact) mass is 306 g/mol. The van der Waals surface area contributed by atoms with Crippen LogP contribution in [0.3, 0.4) is 0 Å². The lowest BCUT2D eigenvalue weighted by Crippen LogP contribution is -2.56. The van der Waals surface area contributed by atoms with Crippen LogP contribution in [0, 0.1) is 0 Å². The van der Waals surface area contributed by atoms with E-state index in [0.29, 0.717) is 25.9 Å². The van der Waals surface area contributed by atoms with Crippen molar-refractivity contribution in [3.05, 3.63) is 35.9 Å². The van der Waals surface area contributed by atoms with Crippen molar-refractivity contribution < 1.29 is 15.0 Å². The molecule has 0 aliphatic carbocycles. The summed E-state index contributed by atoms with van der Waals surface area (Å²) < 4.78 is 0. The highest BCUT2D eigenvalue weighted by Gasteiger charge is 2.46. The molecule has 0 spiro atoms. The zero-order chi connectivity index (χ0) is 16.0. The summed E-state index contributed by atoms with van der Waals surface area (Å²) in [6, 6.07) is 10.2. The highest BCUT2D eigenvalue weighted by atomic mass is 16.3. The molecule has 1 amide bonds. The normalized spacial score (nSPS) is 27.8. The molecule has 1 aliphatic rings. The average Bonchev–Trinajstić information content (AvgIpc) is 2.83. The van der Waals surface area contributed by atoms with Gasteiger partial charge in [0.05, 0.1) is 11.6 Å².